The third-order valence-electron chi connectivity index (χ3n) is 5.63. The summed E-state index contributed by atoms with van der Waals surface area (Å²) in [5.74, 6) is -1.42. The number of hydrogen-bond donors (Lipinski definition) is 1. The van der Waals surface area contributed by atoms with Gasteiger partial charge in [0.2, 0.25) is 10.0 Å². The molecule has 3 heterocycles. The van der Waals surface area contributed by atoms with Crippen LogP contribution in [-0.2, 0) is 24.3 Å². The molecule has 0 spiro atoms. The zero-order valence-electron chi connectivity index (χ0n) is 18.0. The van der Waals surface area contributed by atoms with Gasteiger partial charge in [-0.2, -0.15) is 4.31 Å². The fraction of sp³-hybridized carbons (Fsp3) is 0.304. The highest BCUT2D eigenvalue weighted by Crippen LogP contribution is 2.25. The number of benzene rings is 1. The maximum absolute atomic E-state index is 12.7. The fourth-order valence-electron chi connectivity index (χ4n) is 3.75. The second-order valence-corrected chi connectivity index (χ2v) is 9.75. The molecule has 4 rings (SSSR count). The van der Waals surface area contributed by atoms with Gasteiger partial charge in [-0.1, -0.05) is 6.07 Å². The third kappa shape index (κ3) is 5.01. The first-order chi connectivity index (χ1) is 15.9. The molecule has 0 saturated carbocycles. The van der Waals surface area contributed by atoms with Gasteiger partial charge in [-0.05, 0) is 56.2 Å². The molecule has 10 heteroatoms. The van der Waals surface area contributed by atoms with Crippen molar-refractivity contribution in [3.63, 3.8) is 0 Å². The van der Waals surface area contributed by atoms with Crippen LogP contribution in [0.15, 0.2) is 66.0 Å². The zero-order valence-corrected chi connectivity index (χ0v) is 18.9. The summed E-state index contributed by atoms with van der Waals surface area (Å²) < 4.78 is 32.2. The first-order valence-electron chi connectivity index (χ1n) is 10.6. The van der Waals surface area contributed by atoms with Gasteiger partial charge in [-0.15, -0.1) is 0 Å². The molecule has 0 aliphatic carbocycles. The van der Waals surface area contributed by atoms with Gasteiger partial charge >= 0.3 is 5.97 Å². The summed E-state index contributed by atoms with van der Waals surface area (Å²) in [6.07, 6.45) is 4.13. The van der Waals surface area contributed by atoms with Crippen molar-refractivity contribution in [2.24, 2.45) is 5.92 Å². The second-order valence-electron chi connectivity index (χ2n) is 7.81. The molecule has 1 amide bonds. The maximum atomic E-state index is 12.7. The van der Waals surface area contributed by atoms with Crippen LogP contribution in [-0.4, -0.2) is 53.8 Å². The minimum absolute atomic E-state index is 0.125. The lowest BCUT2D eigenvalue weighted by Gasteiger charge is -2.30. The lowest BCUT2D eigenvalue weighted by molar-refractivity contribution is -0.158. The maximum Gasteiger partial charge on any atom is 0.309 e. The highest BCUT2D eigenvalue weighted by Gasteiger charge is 2.34. The molecule has 9 nitrogen and oxygen atoms in total. The van der Waals surface area contributed by atoms with Crippen molar-refractivity contribution in [2.45, 2.75) is 30.8 Å². The number of fused-ring (bicyclic) bond motifs is 1. The summed E-state index contributed by atoms with van der Waals surface area (Å²) in [6, 6.07) is 12.1. The number of pyridine rings is 2. The topological polar surface area (TPSA) is 119 Å². The van der Waals surface area contributed by atoms with Gasteiger partial charge in [0.05, 0.1) is 17.1 Å². The number of ether oxygens (including phenoxy) is 1. The van der Waals surface area contributed by atoms with Crippen molar-refractivity contribution >= 4 is 38.5 Å². The highest BCUT2D eigenvalue weighted by molar-refractivity contribution is 7.89. The van der Waals surface area contributed by atoms with E-state index in [2.05, 4.69) is 15.3 Å². The van der Waals surface area contributed by atoms with Crippen molar-refractivity contribution in [1.29, 1.82) is 0 Å². The Morgan fingerprint density at radius 3 is 2.58 bits per heavy atom. The molecule has 1 aliphatic heterocycles. The van der Waals surface area contributed by atoms with Crippen molar-refractivity contribution < 1.29 is 22.7 Å². The minimum Gasteiger partial charge on any atom is -0.452 e. The Kier molecular flexibility index (Phi) is 6.66. The zero-order chi connectivity index (χ0) is 23.4. The number of sulfonamides is 1. The molecule has 2 aromatic heterocycles. The van der Waals surface area contributed by atoms with E-state index >= 15 is 0 Å². The standard InChI is InChI=1S/C23H24N4O5S/c1-16(22(28)26-21-8-2-7-20-19(21)6-4-12-25-20)32-23(29)17-9-13-27(14-10-17)33(30,31)18-5-3-11-24-15-18/h2-8,11-12,15-17H,9-10,13-14H2,1H3,(H,26,28). The van der Waals surface area contributed by atoms with Gasteiger partial charge in [-0.3, -0.25) is 19.6 Å². The Labute approximate surface area is 191 Å². The molecule has 1 atom stereocenters. The van der Waals surface area contributed by atoms with E-state index < -0.39 is 33.9 Å². The molecule has 1 aliphatic rings. The molecule has 1 aromatic carbocycles. The van der Waals surface area contributed by atoms with Crippen LogP contribution >= 0.6 is 0 Å². The second kappa shape index (κ2) is 9.63. The average Bonchev–Trinajstić information content (AvgIpc) is 2.84. The lowest BCUT2D eigenvalue weighted by Crippen LogP contribution is -2.41. The smallest absolute Gasteiger partial charge is 0.309 e. The number of carbonyl (C=O) groups is 2. The molecule has 0 bridgehead atoms. The number of hydrogen-bond acceptors (Lipinski definition) is 7. The Morgan fingerprint density at radius 2 is 1.85 bits per heavy atom. The lowest BCUT2D eigenvalue weighted by atomic mass is 9.98. The first kappa shape index (κ1) is 22.8. The van der Waals surface area contributed by atoms with E-state index in [9.17, 15) is 18.0 Å². The Balaban J connectivity index is 1.33. The third-order valence-corrected chi connectivity index (χ3v) is 7.51. The van der Waals surface area contributed by atoms with Crippen LogP contribution in [0.1, 0.15) is 19.8 Å². The predicted molar refractivity (Wildman–Crippen MR) is 122 cm³/mol. The molecule has 1 fully saturated rings. The van der Waals surface area contributed by atoms with E-state index in [0.29, 0.717) is 18.5 Å². The number of amides is 1. The molecule has 172 valence electrons. The molecule has 0 radical (unpaired) electrons. The number of nitrogens with zero attached hydrogens (tertiary/aromatic N) is 3. The Bertz CT molecular complexity index is 1250. The van der Waals surface area contributed by atoms with E-state index in [1.165, 1.54) is 29.7 Å². The summed E-state index contributed by atoms with van der Waals surface area (Å²) in [5, 5.41) is 3.57. The molecule has 1 saturated heterocycles. The SMILES string of the molecule is CC(OC(=O)C1CCN(S(=O)(=O)c2cccnc2)CC1)C(=O)Nc1cccc2ncccc12. The largest absolute Gasteiger partial charge is 0.452 e. The van der Waals surface area contributed by atoms with Gasteiger partial charge in [-0.25, -0.2) is 8.42 Å². The van der Waals surface area contributed by atoms with Crippen LogP contribution in [0.2, 0.25) is 0 Å². The average molecular weight is 469 g/mol. The monoisotopic (exact) mass is 468 g/mol. The van der Waals surface area contributed by atoms with E-state index in [1.54, 1.807) is 30.5 Å². The molecule has 33 heavy (non-hydrogen) atoms. The summed E-state index contributed by atoms with van der Waals surface area (Å²) >= 11 is 0. The van der Waals surface area contributed by atoms with Crippen molar-refractivity contribution in [1.82, 2.24) is 14.3 Å². The van der Waals surface area contributed by atoms with E-state index in [0.717, 1.165) is 10.9 Å². The van der Waals surface area contributed by atoms with E-state index in [4.69, 9.17) is 4.74 Å². The Morgan fingerprint density at radius 1 is 1.09 bits per heavy atom. The summed E-state index contributed by atoms with van der Waals surface area (Å²) in [4.78, 5) is 33.5. The summed E-state index contributed by atoms with van der Waals surface area (Å²) in [5.41, 5.74) is 1.33. The highest BCUT2D eigenvalue weighted by atomic mass is 32.2. The summed E-state index contributed by atoms with van der Waals surface area (Å²) in [6.45, 7) is 1.90. The number of esters is 1. The van der Waals surface area contributed by atoms with Gasteiger partial charge in [0.15, 0.2) is 6.10 Å². The van der Waals surface area contributed by atoms with Gasteiger partial charge in [0.25, 0.3) is 5.91 Å². The van der Waals surface area contributed by atoms with Crippen LogP contribution in [0.25, 0.3) is 10.9 Å². The van der Waals surface area contributed by atoms with Crippen LogP contribution < -0.4 is 5.32 Å². The van der Waals surface area contributed by atoms with Crippen LogP contribution in [0, 0.1) is 5.92 Å². The van der Waals surface area contributed by atoms with E-state index in [-0.39, 0.29) is 18.0 Å². The summed E-state index contributed by atoms with van der Waals surface area (Å²) in [7, 11) is -3.65. The normalized spacial score (nSPS) is 16.3. The molecule has 1 unspecified atom stereocenters. The van der Waals surface area contributed by atoms with Crippen molar-refractivity contribution in [3.05, 3.63) is 61.1 Å². The number of aromatic nitrogens is 2. The number of nitrogens with one attached hydrogen (secondary N) is 1. The van der Waals surface area contributed by atoms with Crippen molar-refractivity contribution in [2.75, 3.05) is 18.4 Å². The van der Waals surface area contributed by atoms with Crippen LogP contribution in [0.5, 0.6) is 0 Å². The number of carbonyl (C=O) groups excluding carboxylic acids is 2. The number of anilines is 1. The van der Waals surface area contributed by atoms with E-state index in [1.807, 2.05) is 12.1 Å². The molecule has 3 aromatic rings. The molecular formula is C23H24N4O5S. The van der Waals surface area contributed by atoms with Gasteiger partial charge < -0.3 is 10.1 Å². The van der Waals surface area contributed by atoms with Crippen molar-refractivity contribution in [3.8, 4) is 0 Å². The van der Waals surface area contributed by atoms with Gasteiger partial charge in [0, 0.05) is 37.1 Å². The number of piperidine rings is 1. The van der Waals surface area contributed by atoms with Gasteiger partial charge in [0.1, 0.15) is 4.90 Å². The quantitative estimate of drug-likeness (QED) is 0.552. The fourth-order valence-corrected chi connectivity index (χ4v) is 5.19. The Hall–Kier alpha value is -3.37. The van der Waals surface area contributed by atoms with Crippen LogP contribution in [0.4, 0.5) is 5.69 Å². The minimum atomic E-state index is -3.65. The predicted octanol–water partition coefficient (Wildman–Crippen LogP) is 2.60. The number of rotatable bonds is 6. The first-order valence-corrected chi connectivity index (χ1v) is 12.1. The molecule has 1 N–H and O–H groups in total. The van der Waals surface area contributed by atoms with Crippen LogP contribution in [0.3, 0.4) is 0 Å². The molecular weight excluding hydrogens is 444 g/mol.